The summed E-state index contributed by atoms with van der Waals surface area (Å²) in [6.07, 6.45) is 7.08. The first-order chi connectivity index (χ1) is 9.86. The Hall–Kier alpha value is -0.900. The lowest BCUT2D eigenvalue weighted by atomic mass is 9.83. The summed E-state index contributed by atoms with van der Waals surface area (Å²) in [7, 11) is 0. The molecule has 2 aliphatic heterocycles. The van der Waals surface area contributed by atoms with Gasteiger partial charge in [-0.3, -0.25) is 0 Å². The molecule has 1 aromatic carbocycles. The fourth-order valence-corrected chi connectivity index (χ4v) is 3.85. The first-order valence-corrected chi connectivity index (χ1v) is 7.99. The Morgan fingerprint density at radius 2 is 1.85 bits per heavy atom. The average molecular weight is 273 g/mol. The molecule has 3 heteroatoms. The maximum atomic E-state index is 6.07. The summed E-state index contributed by atoms with van der Waals surface area (Å²) in [5.74, 6) is 0.228. The van der Waals surface area contributed by atoms with Crippen molar-refractivity contribution in [3.63, 3.8) is 0 Å². The Labute approximate surface area is 120 Å². The van der Waals surface area contributed by atoms with Crippen molar-refractivity contribution in [1.29, 1.82) is 0 Å². The Bertz CT molecular complexity index is 462. The topological polar surface area (TPSA) is 30.5 Å². The maximum absolute atomic E-state index is 6.07. The number of rotatable bonds is 2. The van der Waals surface area contributed by atoms with Crippen molar-refractivity contribution in [2.24, 2.45) is 0 Å². The molecule has 0 radical (unpaired) electrons. The van der Waals surface area contributed by atoms with E-state index in [1.54, 1.807) is 0 Å². The number of hydrogen-bond acceptors (Lipinski definition) is 3. The van der Waals surface area contributed by atoms with E-state index in [4.69, 9.17) is 9.47 Å². The molecule has 2 heterocycles. The molecule has 1 saturated carbocycles. The van der Waals surface area contributed by atoms with Crippen LogP contribution >= 0.6 is 0 Å². The van der Waals surface area contributed by atoms with E-state index < -0.39 is 5.79 Å². The van der Waals surface area contributed by atoms with Crippen LogP contribution in [0.3, 0.4) is 0 Å². The highest BCUT2D eigenvalue weighted by Crippen LogP contribution is 2.38. The molecule has 20 heavy (non-hydrogen) atoms. The van der Waals surface area contributed by atoms with E-state index >= 15 is 0 Å². The Balaban J connectivity index is 1.55. The molecule has 2 saturated heterocycles. The van der Waals surface area contributed by atoms with Crippen LogP contribution in [-0.4, -0.2) is 25.8 Å². The van der Waals surface area contributed by atoms with Crippen molar-refractivity contribution in [1.82, 2.24) is 5.32 Å². The Kier molecular flexibility index (Phi) is 3.29. The zero-order valence-corrected chi connectivity index (χ0v) is 11.9. The van der Waals surface area contributed by atoms with Crippen LogP contribution in [0.2, 0.25) is 0 Å². The largest absolute Gasteiger partial charge is 0.342 e. The SMILES string of the molecule is c1cc(C23CNCC(CO2)O3)ccc1C1CCCCC1. The van der Waals surface area contributed by atoms with Crippen molar-refractivity contribution < 1.29 is 9.47 Å². The summed E-state index contributed by atoms with van der Waals surface area (Å²) in [5.41, 5.74) is 2.65. The highest BCUT2D eigenvalue weighted by molar-refractivity contribution is 5.29. The lowest BCUT2D eigenvalue weighted by Gasteiger charge is -2.32. The van der Waals surface area contributed by atoms with Gasteiger partial charge in [-0.25, -0.2) is 0 Å². The zero-order chi connectivity index (χ0) is 13.4. The first kappa shape index (κ1) is 12.8. The van der Waals surface area contributed by atoms with Gasteiger partial charge in [0.1, 0.15) is 0 Å². The van der Waals surface area contributed by atoms with Crippen LogP contribution in [0, 0.1) is 0 Å². The molecule has 108 valence electrons. The number of nitrogens with one attached hydrogen (secondary N) is 1. The van der Waals surface area contributed by atoms with Crippen LogP contribution in [-0.2, 0) is 15.3 Å². The van der Waals surface area contributed by atoms with Crippen molar-refractivity contribution in [2.75, 3.05) is 19.7 Å². The number of hydrogen-bond donors (Lipinski definition) is 1. The normalized spacial score (nSPS) is 34.3. The number of ether oxygens (including phenoxy) is 2. The molecule has 1 N–H and O–H groups in total. The van der Waals surface area contributed by atoms with Gasteiger partial charge in [0.15, 0.2) is 0 Å². The van der Waals surface area contributed by atoms with Crippen molar-refractivity contribution in [3.05, 3.63) is 35.4 Å². The molecule has 0 aromatic heterocycles. The van der Waals surface area contributed by atoms with Gasteiger partial charge in [-0.1, -0.05) is 43.5 Å². The Morgan fingerprint density at radius 1 is 1.05 bits per heavy atom. The third-order valence-electron chi connectivity index (χ3n) is 5.02. The summed E-state index contributed by atoms with van der Waals surface area (Å²) >= 11 is 0. The fraction of sp³-hybridized carbons (Fsp3) is 0.647. The molecule has 1 aliphatic carbocycles. The third kappa shape index (κ3) is 2.18. The van der Waals surface area contributed by atoms with E-state index in [1.165, 1.54) is 37.7 Å². The lowest BCUT2D eigenvalue weighted by molar-refractivity contribution is -0.186. The van der Waals surface area contributed by atoms with Gasteiger partial charge in [-0.15, -0.1) is 0 Å². The molecule has 2 unspecified atom stereocenters. The molecule has 3 fully saturated rings. The molecule has 2 bridgehead atoms. The standard InChI is InChI=1S/C17H23NO2/c1-2-4-13(5-3-1)14-6-8-15(9-7-14)17-12-18-10-16(20-17)11-19-17/h6-9,13,16,18H,1-5,10-12H2. The van der Waals surface area contributed by atoms with Gasteiger partial charge in [0.05, 0.1) is 19.3 Å². The van der Waals surface area contributed by atoms with E-state index in [0.717, 1.165) is 24.6 Å². The number of morpholine rings is 1. The smallest absolute Gasteiger partial charge is 0.208 e. The summed E-state index contributed by atoms with van der Waals surface area (Å²) in [6, 6.07) is 8.99. The van der Waals surface area contributed by atoms with Crippen molar-refractivity contribution >= 4 is 0 Å². The van der Waals surface area contributed by atoms with Gasteiger partial charge in [0.25, 0.3) is 0 Å². The highest BCUT2D eigenvalue weighted by atomic mass is 16.7. The van der Waals surface area contributed by atoms with Gasteiger partial charge in [0.2, 0.25) is 5.79 Å². The molecule has 2 atom stereocenters. The minimum Gasteiger partial charge on any atom is -0.342 e. The average Bonchev–Trinajstić information content (AvgIpc) is 2.84. The van der Waals surface area contributed by atoms with Gasteiger partial charge in [0, 0.05) is 12.1 Å². The maximum Gasteiger partial charge on any atom is 0.208 e. The second-order valence-corrected chi connectivity index (χ2v) is 6.39. The summed E-state index contributed by atoms with van der Waals surface area (Å²) in [6.45, 7) is 2.37. The van der Waals surface area contributed by atoms with Crippen LogP contribution in [0.25, 0.3) is 0 Å². The predicted octanol–water partition coefficient (Wildman–Crippen LogP) is 2.91. The van der Waals surface area contributed by atoms with Gasteiger partial charge < -0.3 is 14.8 Å². The molecule has 0 amide bonds. The van der Waals surface area contributed by atoms with Crippen LogP contribution < -0.4 is 5.32 Å². The third-order valence-corrected chi connectivity index (χ3v) is 5.02. The number of fused-ring (bicyclic) bond motifs is 2. The number of benzene rings is 1. The fourth-order valence-electron chi connectivity index (χ4n) is 3.85. The lowest BCUT2D eigenvalue weighted by Crippen LogP contribution is -2.46. The van der Waals surface area contributed by atoms with Crippen LogP contribution in [0.4, 0.5) is 0 Å². The summed E-state index contributed by atoms with van der Waals surface area (Å²) in [4.78, 5) is 0. The second-order valence-electron chi connectivity index (χ2n) is 6.39. The second kappa shape index (κ2) is 5.14. The summed E-state index contributed by atoms with van der Waals surface area (Å²) < 4.78 is 12.0. The van der Waals surface area contributed by atoms with E-state index in [-0.39, 0.29) is 6.10 Å². The minimum absolute atomic E-state index is 0.210. The minimum atomic E-state index is -0.534. The van der Waals surface area contributed by atoms with Crippen LogP contribution in [0.15, 0.2) is 24.3 Å². The molecular weight excluding hydrogens is 250 g/mol. The van der Waals surface area contributed by atoms with Gasteiger partial charge in [-0.2, -0.15) is 0 Å². The van der Waals surface area contributed by atoms with Gasteiger partial charge in [-0.05, 0) is 24.3 Å². The van der Waals surface area contributed by atoms with Crippen LogP contribution in [0.1, 0.15) is 49.1 Å². The van der Waals surface area contributed by atoms with E-state index in [0.29, 0.717) is 6.61 Å². The molecule has 3 nitrogen and oxygen atoms in total. The molecule has 4 rings (SSSR count). The van der Waals surface area contributed by atoms with Gasteiger partial charge >= 0.3 is 0 Å². The van der Waals surface area contributed by atoms with E-state index in [1.807, 2.05) is 0 Å². The van der Waals surface area contributed by atoms with Crippen molar-refractivity contribution in [3.8, 4) is 0 Å². The predicted molar refractivity (Wildman–Crippen MR) is 77.6 cm³/mol. The van der Waals surface area contributed by atoms with E-state index in [9.17, 15) is 0 Å². The molecule has 3 aliphatic rings. The monoisotopic (exact) mass is 273 g/mol. The zero-order valence-electron chi connectivity index (χ0n) is 11.9. The summed E-state index contributed by atoms with van der Waals surface area (Å²) in [5, 5.41) is 3.41. The highest BCUT2D eigenvalue weighted by Gasteiger charge is 2.46. The molecule has 0 spiro atoms. The molecule has 1 aromatic rings. The quantitative estimate of drug-likeness (QED) is 0.898. The van der Waals surface area contributed by atoms with E-state index in [2.05, 4.69) is 29.6 Å². The van der Waals surface area contributed by atoms with Crippen LogP contribution in [0.5, 0.6) is 0 Å². The Morgan fingerprint density at radius 3 is 2.65 bits per heavy atom. The van der Waals surface area contributed by atoms with Crippen molar-refractivity contribution in [2.45, 2.75) is 49.9 Å². The first-order valence-electron chi connectivity index (χ1n) is 7.99. The molecular formula is C17H23NO2.